The molecule has 3 aromatic carbocycles. The van der Waals surface area contributed by atoms with Gasteiger partial charge in [-0.2, -0.15) is 0 Å². The van der Waals surface area contributed by atoms with Crippen LogP contribution >= 0.6 is 22.9 Å². The number of nitrogens with zero attached hydrogens (tertiary/aromatic N) is 1. The lowest BCUT2D eigenvalue weighted by Crippen LogP contribution is -2.60. The number of anilines is 1. The number of hydrogen-bond donors (Lipinski definition) is 2. The van der Waals surface area contributed by atoms with Crippen molar-refractivity contribution in [3.63, 3.8) is 0 Å². The maximum absolute atomic E-state index is 14.2. The molecule has 4 aromatic rings. The summed E-state index contributed by atoms with van der Waals surface area (Å²) >= 11 is 7.58. The van der Waals surface area contributed by atoms with E-state index >= 15 is 0 Å². The summed E-state index contributed by atoms with van der Waals surface area (Å²) < 4.78 is 20.5. The SMILES string of the molecule is CCc1ccc2c(c1)OC1(O)c3cccc(N)c3C(=O)C21N(C)C(=O)c1sc2cc(F)ccc2c1Cl. The summed E-state index contributed by atoms with van der Waals surface area (Å²) in [6.07, 6.45) is 0.711. The van der Waals surface area contributed by atoms with Crippen LogP contribution in [0.1, 0.15) is 43.6 Å². The molecule has 0 saturated heterocycles. The number of carbonyl (C=O) groups is 2. The highest BCUT2D eigenvalue weighted by atomic mass is 35.5. The van der Waals surface area contributed by atoms with Crippen molar-refractivity contribution in [2.45, 2.75) is 24.7 Å². The maximum atomic E-state index is 14.2. The number of carbonyl (C=O) groups excluding carboxylic acids is 2. The summed E-state index contributed by atoms with van der Waals surface area (Å²) in [6, 6.07) is 14.1. The molecule has 2 heterocycles. The monoisotopic (exact) mass is 522 g/mol. The highest BCUT2D eigenvalue weighted by molar-refractivity contribution is 7.21. The van der Waals surface area contributed by atoms with Gasteiger partial charge in [-0.25, -0.2) is 4.39 Å². The number of rotatable bonds is 3. The molecule has 6 nitrogen and oxygen atoms in total. The molecule has 1 aliphatic carbocycles. The van der Waals surface area contributed by atoms with E-state index in [1.807, 2.05) is 13.0 Å². The third-order valence-electron chi connectivity index (χ3n) is 7.20. The van der Waals surface area contributed by atoms with E-state index in [-0.39, 0.29) is 26.7 Å². The molecule has 1 aliphatic heterocycles. The predicted molar refractivity (Wildman–Crippen MR) is 136 cm³/mol. The average molecular weight is 523 g/mol. The second kappa shape index (κ2) is 7.52. The molecule has 1 amide bonds. The van der Waals surface area contributed by atoms with Gasteiger partial charge in [0, 0.05) is 33.9 Å². The summed E-state index contributed by atoms with van der Waals surface area (Å²) in [5.41, 5.74) is 5.98. The van der Waals surface area contributed by atoms with E-state index in [9.17, 15) is 19.1 Å². The van der Waals surface area contributed by atoms with Gasteiger partial charge in [-0.1, -0.05) is 42.8 Å². The molecule has 9 heteroatoms. The van der Waals surface area contributed by atoms with E-state index < -0.39 is 28.8 Å². The number of nitrogen functional groups attached to an aromatic ring is 1. The van der Waals surface area contributed by atoms with E-state index in [2.05, 4.69) is 0 Å². The Kier molecular flexibility index (Phi) is 4.80. The number of benzene rings is 3. The second-order valence-corrected chi connectivity index (χ2v) is 10.4. The van der Waals surface area contributed by atoms with E-state index in [4.69, 9.17) is 22.1 Å². The molecule has 36 heavy (non-hydrogen) atoms. The van der Waals surface area contributed by atoms with Crippen molar-refractivity contribution in [3.05, 3.63) is 92.6 Å². The van der Waals surface area contributed by atoms with E-state index in [1.165, 1.54) is 30.1 Å². The molecule has 2 aliphatic rings. The van der Waals surface area contributed by atoms with Crippen molar-refractivity contribution >= 4 is 50.4 Å². The van der Waals surface area contributed by atoms with Gasteiger partial charge in [0.25, 0.3) is 11.7 Å². The third-order valence-corrected chi connectivity index (χ3v) is 8.85. The van der Waals surface area contributed by atoms with Gasteiger partial charge >= 0.3 is 0 Å². The Morgan fingerprint density at radius 2 is 1.97 bits per heavy atom. The zero-order chi connectivity index (χ0) is 25.6. The second-order valence-electron chi connectivity index (χ2n) is 8.99. The highest BCUT2D eigenvalue weighted by Crippen LogP contribution is 2.62. The third kappa shape index (κ3) is 2.64. The molecule has 6 rings (SSSR count). The van der Waals surface area contributed by atoms with Crippen molar-refractivity contribution in [2.75, 3.05) is 12.8 Å². The van der Waals surface area contributed by atoms with Crippen LogP contribution in [0.15, 0.2) is 54.6 Å². The van der Waals surface area contributed by atoms with Gasteiger partial charge in [-0.05, 0) is 42.3 Å². The van der Waals surface area contributed by atoms with Gasteiger partial charge < -0.3 is 20.5 Å². The van der Waals surface area contributed by atoms with Crippen LogP contribution in [0.4, 0.5) is 10.1 Å². The normalized spacial score (nSPS) is 21.8. The largest absolute Gasteiger partial charge is 0.454 e. The van der Waals surface area contributed by atoms with Gasteiger partial charge in [0.05, 0.1) is 10.6 Å². The first-order valence-corrected chi connectivity index (χ1v) is 12.5. The molecule has 2 unspecified atom stereocenters. The van der Waals surface area contributed by atoms with Crippen LogP contribution in [0.2, 0.25) is 5.02 Å². The lowest BCUT2D eigenvalue weighted by atomic mass is 9.81. The number of hydrogen-bond acceptors (Lipinski definition) is 6. The van der Waals surface area contributed by atoms with Crippen molar-refractivity contribution in [2.24, 2.45) is 0 Å². The summed E-state index contributed by atoms with van der Waals surface area (Å²) in [5, 5.41) is 12.8. The first-order chi connectivity index (χ1) is 17.1. The molecular weight excluding hydrogens is 503 g/mol. The van der Waals surface area contributed by atoms with Crippen LogP contribution in [0.5, 0.6) is 5.75 Å². The lowest BCUT2D eigenvalue weighted by molar-refractivity contribution is -0.191. The molecule has 0 radical (unpaired) electrons. The Bertz CT molecular complexity index is 1640. The number of ketones is 1. The topological polar surface area (TPSA) is 92.9 Å². The number of amides is 1. The van der Waals surface area contributed by atoms with Gasteiger partial charge in [0.15, 0.2) is 0 Å². The number of halogens is 2. The molecule has 2 atom stereocenters. The summed E-state index contributed by atoms with van der Waals surface area (Å²) in [7, 11) is 1.43. The Hall–Kier alpha value is -3.46. The molecular formula is C27H20ClFN2O4S. The summed E-state index contributed by atoms with van der Waals surface area (Å²) in [6.45, 7) is 1.98. The zero-order valence-corrected chi connectivity index (χ0v) is 20.8. The minimum absolute atomic E-state index is 0.106. The number of ether oxygens (including phenoxy) is 1. The molecule has 0 fully saturated rings. The number of aliphatic hydroxyl groups is 1. The Balaban J connectivity index is 1.60. The molecule has 1 aromatic heterocycles. The van der Waals surface area contributed by atoms with Crippen molar-refractivity contribution in [3.8, 4) is 5.75 Å². The van der Waals surface area contributed by atoms with Crippen molar-refractivity contribution in [1.82, 2.24) is 4.90 Å². The molecule has 0 bridgehead atoms. The molecule has 182 valence electrons. The number of Topliss-reactive ketones (excluding diaryl/α,β-unsaturated/α-hetero) is 1. The predicted octanol–water partition coefficient (Wildman–Crippen LogP) is 5.24. The van der Waals surface area contributed by atoms with Crippen molar-refractivity contribution in [1.29, 1.82) is 0 Å². The van der Waals surface area contributed by atoms with Crippen LogP contribution in [-0.4, -0.2) is 28.7 Å². The van der Waals surface area contributed by atoms with Gasteiger partial charge in [-0.3, -0.25) is 9.59 Å². The quantitative estimate of drug-likeness (QED) is 0.359. The smallest absolute Gasteiger partial charge is 0.271 e. The molecule has 3 N–H and O–H groups in total. The fourth-order valence-corrected chi connectivity index (χ4v) is 6.95. The van der Waals surface area contributed by atoms with Gasteiger partial charge in [0.1, 0.15) is 16.4 Å². The van der Waals surface area contributed by atoms with Gasteiger partial charge in [0.2, 0.25) is 11.3 Å². The van der Waals surface area contributed by atoms with E-state index in [0.717, 1.165) is 16.9 Å². The number of aryl methyl sites for hydroxylation is 1. The zero-order valence-electron chi connectivity index (χ0n) is 19.3. The number of likely N-dealkylation sites (N-methyl/N-ethyl adjacent to an activating group) is 1. The first kappa shape index (κ1) is 23.0. The lowest BCUT2D eigenvalue weighted by Gasteiger charge is -2.40. The summed E-state index contributed by atoms with van der Waals surface area (Å²) in [5.74, 6) is -3.54. The van der Waals surface area contributed by atoms with Gasteiger partial charge in [-0.15, -0.1) is 11.3 Å². The number of thiophene rings is 1. The minimum Gasteiger partial charge on any atom is -0.454 e. The minimum atomic E-state index is -2.22. The Morgan fingerprint density at radius 1 is 1.19 bits per heavy atom. The standard InChI is InChI=1S/C27H20ClFN2O4S/c1-3-13-7-10-16-19(11-13)35-27(34)17-5-4-6-18(30)21(17)24(32)26(16,27)31(2)25(33)23-22(28)15-9-8-14(29)12-20(15)36-23/h4-12,34H,3,30H2,1-2H3. The Labute approximate surface area is 214 Å². The molecule has 0 spiro atoms. The van der Waals surface area contributed by atoms with Crippen molar-refractivity contribution < 1.29 is 23.8 Å². The fourth-order valence-electron chi connectivity index (χ4n) is 5.44. The first-order valence-electron chi connectivity index (χ1n) is 11.3. The van der Waals surface area contributed by atoms with Crippen LogP contribution in [0.25, 0.3) is 10.1 Å². The van der Waals surface area contributed by atoms with Crippen LogP contribution in [0.3, 0.4) is 0 Å². The molecule has 0 saturated carbocycles. The van der Waals surface area contributed by atoms with Crippen LogP contribution < -0.4 is 10.5 Å². The average Bonchev–Trinajstić information content (AvgIpc) is 3.39. The number of nitrogens with two attached hydrogens (primary N) is 1. The Morgan fingerprint density at radius 3 is 2.72 bits per heavy atom. The highest BCUT2D eigenvalue weighted by Gasteiger charge is 2.74. The number of fused-ring (bicyclic) bond motifs is 6. The van der Waals surface area contributed by atoms with E-state index in [0.29, 0.717) is 27.8 Å². The maximum Gasteiger partial charge on any atom is 0.271 e. The summed E-state index contributed by atoms with van der Waals surface area (Å²) in [4.78, 5) is 29.5. The van der Waals surface area contributed by atoms with Crippen LogP contribution in [0, 0.1) is 5.82 Å². The van der Waals surface area contributed by atoms with Crippen LogP contribution in [-0.2, 0) is 17.7 Å². The fraction of sp³-hybridized carbons (Fsp3) is 0.185. The van der Waals surface area contributed by atoms with E-state index in [1.54, 1.807) is 30.3 Å².